The molecule has 0 radical (unpaired) electrons. The third-order valence-electron chi connectivity index (χ3n) is 4.09. The fourth-order valence-electron chi connectivity index (χ4n) is 2.79. The van der Waals surface area contributed by atoms with Crippen molar-refractivity contribution in [1.29, 1.82) is 0 Å². The van der Waals surface area contributed by atoms with Crippen molar-refractivity contribution in [2.45, 2.75) is 13.8 Å². The number of benzene rings is 1. The Kier molecular flexibility index (Phi) is 4.47. The summed E-state index contributed by atoms with van der Waals surface area (Å²) >= 11 is 0. The standard InChI is InChI=1S/C20H22N4/c1-15-12-17(13-22-18-6-5-11-21-14-18)16(2)24(15)20-9-7-19(8-10-20)23(3)4/h5-14H,1-4H3. The fourth-order valence-corrected chi connectivity index (χ4v) is 2.79. The van der Waals surface area contributed by atoms with Gasteiger partial charge in [-0.15, -0.1) is 0 Å². The lowest BCUT2D eigenvalue weighted by atomic mass is 10.2. The van der Waals surface area contributed by atoms with Crippen molar-refractivity contribution in [2.75, 3.05) is 19.0 Å². The summed E-state index contributed by atoms with van der Waals surface area (Å²) in [6.07, 6.45) is 5.42. The van der Waals surface area contributed by atoms with Gasteiger partial charge in [-0.05, 0) is 56.3 Å². The summed E-state index contributed by atoms with van der Waals surface area (Å²) in [5.74, 6) is 0. The third-order valence-corrected chi connectivity index (χ3v) is 4.09. The van der Waals surface area contributed by atoms with E-state index in [1.165, 1.54) is 17.1 Å². The van der Waals surface area contributed by atoms with E-state index in [-0.39, 0.29) is 0 Å². The molecule has 3 rings (SSSR count). The van der Waals surface area contributed by atoms with Crippen molar-refractivity contribution in [2.24, 2.45) is 4.99 Å². The Hall–Kier alpha value is -2.88. The Balaban J connectivity index is 1.93. The Morgan fingerprint density at radius 2 is 1.83 bits per heavy atom. The van der Waals surface area contributed by atoms with E-state index in [9.17, 15) is 0 Å². The van der Waals surface area contributed by atoms with Crippen LogP contribution < -0.4 is 4.90 Å². The topological polar surface area (TPSA) is 33.4 Å². The van der Waals surface area contributed by atoms with E-state index in [4.69, 9.17) is 0 Å². The molecule has 0 unspecified atom stereocenters. The van der Waals surface area contributed by atoms with E-state index >= 15 is 0 Å². The molecular formula is C20H22N4. The second kappa shape index (κ2) is 6.71. The van der Waals surface area contributed by atoms with Crippen LogP contribution in [0.3, 0.4) is 0 Å². The van der Waals surface area contributed by atoms with Gasteiger partial charge in [-0.3, -0.25) is 9.98 Å². The number of hydrogen-bond donors (Lipinski definition) is 0. The summed E-state index contributed by atoms with van der Waals surface area (Å²) in [5, 5.41) is 0. The first-order chi connectivity index (χ1) is 11.6. The summed E-state index contributed by atoms with van der Waals surface area (Å²) in [5.41, 5.74) is 6.71. The van der Waals surface area contributed by atoms with Crippen LogP contribution in [0, 0.1) is 13.8 Å². The molecule has 0 amide bonds. The predicted molar refractivity (Wildman–Crippen MR) is 101 cm³/mol. The van der Waals surface area contributed by atoms with Crippen LogP contribution in [0.25, 0.3) is 5.69 Å². The number of rotatable bonds is 4. The summed E-state index contributed by atoms with van der Waals surface area (Å²) < 4.78 is 2.25. The first kappa shape index (κ1) is 16.0. The normalized spacial score (nSPS) is 11.2. The van der Waals surface area contributed by atoms with E-state index in [1.807, 2.05) is 32.4 Å². The van der Waals surface area contributed by atoms with Gasteiger partial charge in [-0.2, -0.15) is 0 Å². The van der Waals surface area contributed by atoms with E-state index < -0.39 is 0 Å². The lowest BCUT2D eigenvalue weighted by Crippen LogP contribution is -2.08. The summed E-state index contributed by atoms with van der Waals surface area (Å²) in [7, 11) is 4.10. The number of pyridine rings is 1. The molecule has 122 valence electrons. The summed E-state index contributed by atoms with van der Waals surface area (Å²) in [4.78, 5) is 10.7. The van der Waals surface area contributed by atoms with Crippen molar-refractivity contribution in [1.82, 2.24) is 9.55 Å². The van der Waals surface area contributed by atoms with Crippen LogP contribution in [0.2, 0.25) is 0 Å². The van der Waals surface area contributed by atoms with Crippen molar-refractivity contribution < 1.29 is 0 Å². The quantitative estimate of drug-likeness (QED) is 0.672. The monoisotopic (exact) mass is 318 g/mol. The Morgan fingerprint density at radius 3 is 2.46 bits per heavy atom. The number of aliphatic imine (C=N–C) groups is 1. The van der Waals surface area contributed by atoms with E-state index in [1.54, 1.807) is 12.4 Å². The molecule has 0 atom stereocenters. The van der Waals surface area contributed by atoms with E-state index in [0.717, 1.165) is 16.9 Å². The molecule has 24 heavy (non-hydrogen) atoms. The fraction of sp³-hybridized carbons (Fsp3) is 0.200. The van der Waals surface area contributed by atoms with Gasteiger partial charge in [-0.1, -0.05) is 0 Å². The third kappa shape index (κ3) is 3.23. The molecule has 1 aromatic carbocycles. The van der Waals surface area contributed by atoms with Gasteiger partial charge in [0.05, 0.1) is 11.9 Å². The number of hydrogen-bond acceptors (Lipinski definition) is 3. The maximum Gasteiger partial charge on any atom is 0.0813 e. The highest BCUT2D eigenvalue weighted by atomic mass is 15.1. The second-order valence-electron chi connectivity index (χ2n) is 6.04. The van der Waals surface area contributed by atoms with Crippen LogP contribution in [-0.2, 0) is 0 Å². The first-order valence-electron chi connectivity index (χ1n) is 7.97. The van der Waals surface area contributed by atoms with Gasteiger partial charge in [0.1, 0.15) is 0 Å². The van der Waals surface area contributed by atoms with Gasteiger partial charge < -0.3 is 9.47 Å². The minimum absolute atomic E-state index is 0.859. The molecule has 2 aromatic heterocycles. The predicted octanol–water partition coefficient (Wildman–Crippen LogP) is 4.31. The smallest absolute Gasteiger partial charge is 0.0813 e. The van der Waals surface area contributed by atoms with Gasteiger partial charge in [0.25, 0.3) is 0 Å². The number of aromatic nitrogens is 2. The molecule has 0 bridgehead atoms. The second-order valence-corrected chi connectivity index (χ2v) is 6.04. The van der Waals surface area contributed by atoms with Crippen LogP contribution in [0.5, 0.6) is 0 Å². The molecule has 0 aliphatic carbocycles. The lowest BCUT2D eigenvalue weighted by Gasteiger charge is -2.14. The number of nitrogens with zero attached hydrogens (tertiary/aromatic N) is 4. The molecule has 4 heteroatoms. The first-order valence-corrected chi connectivity index (χ1v) is 7.97. The Morgan fingerprint density at radius 1 is 1.08 bits per heavy atom. The van der Waals surface area contributed by atoms with Crippen LogP contribution >= 0.6 is 0 Å². The molecule has 0 saturated heterocycles. The summed E-state index contributed by atoms with van der Waals surface area (Å²) in [6.45, 7) is 4.24. The molecule has 0 aliphatic rings. The van der Waals surface area contributed by atoms with Crippen LogP contribution in [-0.4, -0.2) is 29.9 Å². The Bertz CT molecular complexity index is 843. The van der Waals surface area contributed by atoms with Crippen LogP contribution in [0.15, 0.2) is 59.9 Å². The molecule has 4 nitrogen and oxygen atoms in total. The number of aryl methyl sites for hydroxylation is 1. The van der Waals surface area contributed by atoms with Crippen molar-refractivity contribution in [3.8, 4) is 5.69 Å². The molecule has 0 fully saturated rings. The van der Waals surface area contributed by atoms with Gasteiger partial charge >= 0.3 is 0 Å². The largest absolute Gasteiger partial charge is 0.378 e. The highest BCUT2D eigenvalue weighted by molar-refractivity contribution is 5.84. The van der Waals surface area contributed by atoms with E-state index in [0.29, 0.717) is 0 Å². The minimum atomic E-state index is 0.859. The molecule has 0 saturated carbocycles. The molecule has 0 aliphatic heterocycles. The Labute approximate surface area is 143 Å². The van der Waals surface area contributed by atoms with Gasteiger partial charge in [-0.25, -0.2) is 0 Å². The maximum atomic E-state index is 4.52. The average Bonchev–Trinajstić information content (AvgIpc) is 2.88. The minimum Gasteiger partial charge on any atom is -0.378 e. The molecule has 3 aromatic rings. The van der Waals surface area contributed by atoms with Crippen LogP contribution in [0.4, 0.5) is 11.4 Å². The SMILES string of the molecule is Cc1cc(C=Nc2cccnc2)c(C)n1-c1ccc(N(C)C)cc1. The van der Waals surface area contributed by atoms with Crippen molar-refractivity contribution >= 4 is 17.6 Å². The molecule has 2 heterocycles. The highest BCUT2D eigenvalue weighted by Gasteiger charge is 2.09. The van der Waals surface area contributed by atoms with Gasteiger partial charge in [0.2, 0.25) is 0 Å². The zero-order valence-corrected chi connectivity index (χ0v) is 14.6. The lowest BCUT2D eigenvalue weighted by molar-refractivity contribution is 0.963. The maximum absolute atomic E-state index is 4.52. The van der Waals surface area contributed by atoms with Gasteiger partial charge in [0.15, 0.2) is 0 Å². The highest BCUT2D eigenvalue weighted by Crippen LogP contribution is 2.22. The van der Waals surface area contributed by atoms with Crippen molar-refractivity contribution in [3.63, 3.8) is 0 Å². The summed E-state index contributed by atoms with van der Waals surface area (Å²) in [6, 6.07) is 14.6. The zero-order valence-electron chi connectivity index (χ0n) is 14.6. The molecular weight excluding hydrogens is 296 g/mol. The van der Waals surface area contributed by atoms with E-state index in [2.05, 4.69) is 63.6 Å². The molecule has 0 spiro atoms. The number of anilines is 1. The van der Waals surface area contributed by atoms with Gasteiger partial charge in [0, 0.05) is 54.8 Å². The van der Waals surface area contributed by atoms with Crippen LogP contribution in [0.1, 0.15) is 17.0 Å². The average molecular weight is 318 g/mol. The van der Waals surface area contributed by atoms with Crippen molar-refractivity contribution in [3.05, 3.63) is 71.8 Å². The molecule has 0 N–H and O–H groups in total. The zero-order chi connectivity index (χ0) is 17.1.